The summed E-state index contributed by atoms with van der Waals surface area (Å²) in [4.78, 5) is 27.4. The van der Waals surface area contributed by atoms with Crippen LogP contribution in [0, 0.1) is 6.92 Å². The van der Waals surface area contributed by atoms with Gasteiger partial charge in [-0.25, -0.2) is 4.79 Å². The molecule has 3 N–H and O–H groups in total. The average Bonchev–Trinajstić information content (AvgIpc) is 2.95. The number of carboxylic acid groups (broad SMARTS) is 1. The second-order valence-electron chi connectivity index (χ2n) is 4.12. The van der Waals surface area contributed by atoms with Crippen LogP contribution in [0.25, 0.3) is 0 Å². The molecule has 2 rings (SSSR count). The highest BCUT2D eigenvalue weighted by molar-refractivity contribution is 7.14. The molecular weight excluding hydrogens is 264 g/mol. The molecule has 6 heteroatoms. The fourth-order valence-corrected chi connectivity index (χ4v) is 2.57. The van der Waals surface area contributed by atoms with Gasteiger partial charge in [-0.15, -0.1) is 11.3 Å². The third kappa shape index (κ3) is 2.85. The summed E-state index contributed by atoms with van der Waals surface area (Å²) >= 11 is 1.41. The molecule has 5 nitrogen and oxygen atoms in total. The van der Waals surface area contributed by atoms with Crippen molar-refractivity contribution in [2.24, 2.45) is 0 Å². The van der Waals surface area contributed by atoms with Crippen molar-refractivity contribution in [3.8, 4) is 0 Å². The van der Waals surface area contributed by atoms with Crippen molar-refractivity contribution in [1.29, 1.82) is 0 Å². The number of carbonyl (C=O) groups excluding carboxylic acids is 1. The van der Waals surface area contributed by atoms with E-state index in [1.807, 2.05) is 13.0 Å². The lowest BCUT2D eigenvalue weighted by Gasteiger charge is -2.02. The Morgan fingerprint density at radius 3 is 2.74 bits per heavy atom. The van der Waals surface area contributed by atoms with Gasteiger partial charge >= 0.3 is 5.97 Å². The van der Waals surface area contributed by atoms with E-state index in [1.54, 1.807) is 19.1 Å². The molecule has 0 aliphatic heterocycles. The van der Waals surface area contributed by atoms with Crippen LogP contribution in [0.15, 0.2) is 18.2 Å². The normalized spacial score (nSPS) is 10.4. The van der Waals surface area contributed by atoms with Crippen LogP contribution in [0.4, 0.5) is 5.69 Å². The predicted octanol–water partition coefficient (Wildman–Crippen LogP) is 2.90. The van der Waals surface area contributed by atoms with Gasteiger partial charge in [0.25, 0.3) is 5.91 Å². The first-order chi connectivity index (χ1) is 9.01. The molecule has 0 bridgehead atoms. The first-order valence-electron chi connectivity index (χ1n) is 5.84. The number of carbonyl (C=O) groups is 2. The van der Waals surface area contributed by atoms with Gasteiger partial charge in [0.05, 0.1) is 10.6 Å². The largest absolute Gasteiger partial charge is 0.477 e. The molecule has 0 saturated heterocycles. The lowest BCUT2D eigenvalue weighted by molar-refractivity contribution is 0.0692. The van der Waals surface area contributed by atoms with Crippen LogP contribution >= 0.6 is 11.3 Å². The zero-order chi connectivity index (χ0) is 14.0. The Kier molecular flexibility index (Phi) is 3.71. The summed E-state index contributed by atoms with van der Waals surface area (Å²) in [5, 5.41) is 11.7. The maximum Gasteiger partial charge on any atom is 0.354 e. The third-order valence-electron chi connectivity index (χ3n) is 2.65. The first kappa shape index (κ1) is 13.4. The summed E-state index contributed by atoms with van der Waals surface area (Å²) < 4.78 is 0. The van der Waals surface area contributed by atoms with Crippen LogP contribution in [-0.4, -0.2) is 22.0 Å². The van der Waals surface area contributed by atoms with Gasteiger partial charge in [-0.05, 0) is 31.5 Å². The number of rotatable bonds is 4. The Bertz CT molecular complexity index is 628. The van der Waals surface area contributed by atoms with Crippen LogP contribution in [0.1, 0.15) is 37.7 Å². The van der Waals surface area contributed by atoms with Gasteiger partial charge < -0.3 is 15.4 Å². The Morgan fingerprint density at radius 2 is 2.16 bits per heavy atom. The molecule has 100 valence electrons. The van der Waals surface area contributed by atoms with Gasteiger partial charge in [-0.1, -0.05) is 6.92 Å². The smallest absolute Gasteiger partial charge is 0.354 e. The lowest BCUT2D eigenvalue weighted by atomic mass is 10.3. The number of anilines is 1. The standard InChI is InChI=1S/C13H14N2O3S/c1-3-8-4-5-10(19-8)12(16)15-9-6-7(2)14-11(9)13(17)18/h4-6,14H,3H2,1-2H3,(H,15,16)(H,17,18). The summed E-state index contributed by atoms with van der Waals surface area (Å²) in [6.45, 7) is 3.76. The topological polar surface area (TPSA) is 82.2 Å². The molecule has 0 atom stereocenters. The summed E-state index contributed by atoms with van der Waals surface area (Å²) in [5.74, 6) is -1.38. The molecule has 2 heterocycles. The summed E-state index contributed by atoms with van der Waals surface area (Å²) in [6.07, 6.45) is 0.877. The maximum absolute atomic E-state index is 12.0. The number of H-pyrrole nitrogens is 1. The quantitative estimate of drug-likeness (QED) is 0.804. The molecule has 19 heavy (non-hydrogen) atoms. The molecule has 0 unspecified atom stereocenters. The third-order valence-corrected chi connectivity index (χ3v) is 3.88. The highest BCUT2D eigenvalue weighted by atomic mass is 32.1. The first-order valence-corrected chi connectivity index (χ1v) is 6.66. The van der Waals surface area contributed by atoms with E-state index in [0.29, 0.717) is 16.3 Å². The number of hydrogen-bond donors (Lipinski definition) is 3. The number of aromatic amines is 1. The number of aromatic nitrogens is 1. The predicted molar refractivity (Wildman–Crippen MR) is 74.1 cm³/mol. The van der Waals surface area contributed by atoms with Gasteiger partial charge in [-0.3, -0.25) is 4.79 Å². The van der Waals surface area contributed by atoms with Gasteiger partial charge in [0, 0.05) is 10.6 Å². The Morgan fingerprint density at radius 1 is 1.42 bits per heavy atom. The molecule has 2 aromatic heterocycles. The number of thiophene rings is 1. The van der Waals surface area contributed by atoms with E-state index in [1.165, 1.54) is 11.3 Å². The number of nitrogens with one attached hydrogen (secondary N) is 2. The fraction of sp³-hybridized carbons (Fsp3) is 0.231. The van der Waals surface area contributed by atoms with Crippen molar-refractivity contribution >= 4 is 28.9 Å². The summed E-state index contributed by atoms with van der Waals surface area (Å²) in [7, 11) is 0. The number of aryl methyl sites for hydroxylation is 2. The van der Waals surface area contributed by atoms with Crippen LogP contribution in [-0.2, 0) is 6.42 Å². The number of aromatic carboxylic acids is 1. The van der Waals surface area contributed by atoms with E-state index in [-0.39, 0.29) is 11.6 Å². The zero-order valence-corrected chi connectivity index (χ0v) is 11.4. The van der Waals surface area contributed by atoms with E-state index in [9.17, 15) is 9.59 Å². The molecule has 2 aromatic rings. The van der Waals surface area contributed by atoms with Crippen molar-refractivity contribution in [3.05, 3.63) is 39.3 Å². The highest BCUT2D eigenvalue weighted by Crippen LogP contribution is 2.21. The number of amides is 1. The molecular formula is C13H14N2O3S. The van der Waals surface area contributed by atoms with Crippen LogP contribution < -0.4 is 5.32 Å². The van der Waals surface area contributed by atoms with Gasteiger partial charge in [-0.2, -0.15) is 0 Å². The SMILES string of the molecule is CCc1ccc(C(=O)Nc2cc(C)[nH]c2C(=O)O)s1. The van der Waals surface area contributed by atoms with Crippen molar-refractivity contribution < 1.29 is 14.7 Å². The molecule has 0 radical (unpaired) electrons. The van der Waals surface area contributed by atoms with Gasteiger partial charge in [0.1, 0.15) is 5.69 Å². The lowest BCUT2D eigenvalue weighted by Crippen LogP contribution is -2.12. The minimum Gasteiger partial charge on any atom is -0.477 e. The molecule has 0 spiro atoms. The molecule has 0 fully saturated rings. The summed E-state index contributed by atoms with van der Waals surface area (Å²) in [6, 6.07) is 5.26. The van der Waals surface area contributed by atoms with Crippen LogP contribution in [0.5, 0.6) is 0 Å². The minimum absolute atomic E-state index is 0.00174. The molecule has 1 amide bonds. The van der Waals surface area contributed by atoms with Crippen molar-refractivity contribution in [3.63, 3.8) is 0 Å². The van der Waals surface area contributed by atoms with Gasteiger partial charge in [0.2, 0.25) is 0 Å². The Labute approximate surface area is 114 Å². The van der Waals surface area contributed by atoms with Crippen molar-refractivity contribution in [2.75, 3.05) is 5.32 Å². The minimum atomic E-state index is -1.09. The molecule has 0 saturated carbocycles. The van der Waals surface area contributed by atoms with Gasteiger partial charge in [0.15, 0.2) is 0 Å². The zero-order valence-electron chi connectivity index (χ0n) is 10.6. The van der Waals surface area contributed by atoms with Crippen LogP contribution in [0.2, 0.25) is 0 Å². The van der Waals surface area contributed by atoms with E-state index < -0.39 is 5.97 Å². The molecule has 0 aromatic carbocycles. The second kappa shape index (κ2) is 5.27. The number of carboxylic acids is 1. The monoisotopic (exact) mass is 278 g/mol. The molecule has 0 aliphatic rings. The highest BCUT2D eigenvalue weighted by Gasteiger charge is 2.17. The Hall–Kier alpha value is -2.08. The van der Waals surface area contributed by atoms with E-state index in [0.717, 1.165) is 11.3 Å². The fourth-order valence-electron chi connectivity index (χ4n) is 1.73. The van der Waals surface area contributed by atoms with Crippen LogP contribution in [0.3, 0.4) is 0 Å². The van der Waals surface area contributed by atoms with E-state index in [2.05, 4.69) is 10.3 Å². The van der Waals surface area contributed by atoms with E-state index in [4.69, 9.17) is 5.11 Å². The maximum atomic E-state index is 12.0. The van der Waals surface area contributed by atoms with E-state index >= 15 is 0 Å². The van der Waals surface area contributed by atoms with Crippen molar-refractivity contribution in [2.45, 2.75) is 20.3 Å². The average molecular weight is 278 g/mol. The number of hydrogen-bond acceptors (Lipinski definition) is 3. The molecule has 0 aliphatic carbocycles. The Balaban J connectivity index is 2.21. The van der Waals surface area contributed by atoms with Crippen molar-refractivity contribution in [1.82, 2.24) is 4.98 Å². The second-order valence-corrected chi connectivity index (χ2v) is 5.29. The summed E-state index contributed by atoms with van der Waals surface area (Å²) in [5.41, 5.74) is 0.979.